The van der Waals surface area contributed by atoms with Crippen LogP contribution >= 0.6 is 0 Å². The van der Waals surface area contributed by atoms with Gasteiger partial charge in [0.2, 0.25) is 0 Å². The predicted octanol–water partition coefficient (Wildman–Crippen LogP) is 2.72. The van der Waals surface area contributed by atoms with Crippen molar-refractivity contribution in [1.82, 2.24) is 20.1 Å². The highest BCUT2D eigenvalue weighted by Gasteiger charge is 2.59. The lowest BCUT2D eigenvalue weighted by atomic mass is 9.92. The van der Waals surface area contributed by atoms with Crippen molar-refractivity contribution in [3.05, 3.63) is 40.8 Å². The molecule has 2 aromatic heterocycles. The molecule has 8 nitrogen and oxygen atoms in total. The minimum Gasteiger partial charge on any atom is -0.366 e. The number of nitrogens with zero attached hydrogens (tertiary/aromatic N) is 4. The average molecular weight is 445 g/mol. The van der Waals surface area contributed by atoms with E-state index < -0.39 is 29.4 Å². The second kappa shape index (κ2) is 7.06. The molecule has 0 radical (unpaired) electrons. The van der Waals surface area contributed by atoms with Crippen LogP contribution < -0.4 is 10.2 Å². The van der Waals surface area contributed by atoms with Crippen LogP contribution in [0.1, 0.15) is 66.3 Å². The summed E-state index contributed by atoms with van der Waals surface area (Å²) in [5.41, 5.74) is 1.96. The Balaban J connectivity index is 1.32. The van der Waals surface area contributed by atoms with Gasteiger partial charge in [0.05, 0.1) is 23.8 Å². The quantitative estimate of drug-likeness (QED) is 0.782. The minimum atomic E-state index is -2.72. The number of nitrogens with one attached hydrogen (secondary N) is 1. The fraction of sp³-hybridized carbons (Fsp3) is 0.545. The first-order valence-corrected chi connectivity index (χ1v) is 10.8. The SMILES string of the molecule is CCC1(C)OCc2cnc(C(=O)N[C@H]3CCn4nc([C@@H]5CC5(F)F)cc4N(C)C3=O)cc21. The minimum absolute atomic E-state index is 0.213. The molecule has 0 aromatic carbocycles. The number of hydrogen-bond acceptors (Lipinski definition) is 5. The number of amides is 2. The van der Waals surface area contributed by atoms with Crippen molar-refractivity contribution in [3.63, 3.8) is 0 Å². The van der Waals surface area contributed by atoms with E-state index in [1.807, 2.05) is 13.8 Å². The van der Waals surface area contributed by atoms with Gasteiger partial charge in [0.15, 0.2) is 0 Å². The first kappa shape index (κ1) is 21.0. The second-order valence-corrected chi connectivity index (χ2v) is 8.98. The standard InChI is InChI=1S/C22H25F2N5O3/c1-4-21(2)13-7-17(25-10-12(13)11-32-21)19(30)26-15-5-6-29-18(28(3)20(15)31)8-16(27-29)14-9-22(14,23)24/h7-8,10,14-15H,4-6,9,11H2,1-3H3,(H,26,30)/t14-,15-,21?/m0/s1. The van der Waals surface area contributed by atoms with Crippen molar-refractivity contribution in [2.45, 2.75) is 69.7 Å². The van der Waals surface area contributed by atoms with E-state index >= 15 is 0 Å². The molecule has 4 heterocycles. The number of carbonyl (C=O) groups excluding carboxylic acids is 2. The van der Waals surface area contributed by atoms with E-state index in [2.05, 4.69) is 15.4 Å². The molecule has 0 spiro atoms. The third kappa shape index (κ3) is 3.28. The van der Waals surface area contributed by atoms with Gasteiger partial charge < -0.3 is 10.1 Å². The molecule has 0 bridgehead atoms. The Labute approximate surface area is 183 Å². The van der Waals surface area contributed by atoms with Crippen LogP contribution in [0.2, 0.25) is 0 Å². The number of fused-ring (bicyclic) bond motifs is 2. The number of rotatable bonds is 4. The fourth-order valence-electron chi connectivity index (χ4n) is 4.48. The molecule has 5 rings (SSSR count). The lowest BCUT2D eigenvalue weighted by Crippen LogP contribution is -2.47. The third-order valence-electron chi connectivity index (χ3n) is 6.88. The molecule has 3 atom stereocenters. The zero-order valence-corrected chi connectivity index (χ0v) is 18.2. The molecule has 32 heavy (non-hydrogen) atoms. The van der Waals surface area contributed by atoms with Gasteiger partial charge in [0.1, 0.15) is 17.6 Å². The number of aryl methyl sites for hydroxylation is 1. The summed E-state index contributed by atoms with van der Waals surface area (Å²) >= 11 is 0. The van der Waals surface area contributed by atoms with Crippen molar-refractivity contribution in [1.29, 1.82) is 0 Å². The van der Waals surface area contributed by atoms with Crippen molar-refractivity contribution in [2.75, 3.05) is 11.9 Å². The maximum Gasteiger partial charge on any atom is 0.270 e. The Hall–Kier alpha value is -2.88. The Bertz CT molecular complexity index is 1120. The fourth-order valence-corrected chi connectivity index (χ4v) is 4.48. The van der Waals surface area contributed by atoms with Crippen LogP contribution in [0.15, 0.2) is 18.3 Å². The van der Waals surface area contributed by atoms with Crippen LogP contribution in [0.25, 0.3) is 0 Å². The zero-order chi connectivity index (χ0) is 22.8. The number of hydrogen-bond donors (Lipinski definition) is 1. The van der Waals surface area contributed by atoms with E-state index in [1.165, 1.54) is 4.90 Å². The summed E-state index contributed by atoms with van der Waals surface area (Å²) in [6.07, 6.45) is 2.49. The molecule has 1 saturated carbocycles. The summed E-state index contributed by atoms with van der Waals surface area (Å²) < 4.78 is 34.3. The molecule has 3 aliphatic rings. The van der Waals surface area contributed by atoms with Gasteiger partial charge in [-0.2, -0.15) is 5.10 Å². The van der Waals surface area contributed by atoms with Gasteiger partial charge in [-0.15, -0.1) is 0 Å². The van der Waals surface area contributed by atoms with Crippen LogP contribution in [0.4, 0.5) is 14.6 Å². The summed E-state index contributed by atoms with van der Waals surface area (Å²) in [6.45, 7) is 4.79. The highest BCUT2D eigenvalue weighted by atomic mass is 19.3. The zero-order valence-electron chi connectivity index (χ0n) is 18.2. The number of pyridine rings is 1. The van der Waals surface area contributed by atoms with Gasteiger partial charge in [0, 0.05) is 37.8 Å². The number of alkyl halides is 2. The molecule has 1 unspecified atom stereocenters. The molecule has 1 N–H and O–H groups in total. The predicted molar refractivity (Wildman–Crippen MR) is 110 cm³/mol. The molecule has 10 heteroatoms. The number of likely N-dealkylation sites (N-methyl/N-ethyl adjacent to an activating group) is 1. The van der Waals surface area contributed by atoms with Crippen LogP contribution in [0.3, 0.4) is 0 Å². The van der Waals surface area contributed by atoms with E-state index in [1.54, 1.807) is 30.1 Å². The molecular formula is C22H25F2N5O3. The van der Waals surface area contributed by atoms with Gasteiger partial charge in [-0.1, -0.05) is 6.92 Å². The Morgan fingerprint density at radius 2 is 2.12 bits per heavy atom. The Kier molecular flexibility index (Phi) is 4.63. The second-order valence-electron chi connectivity index (χ2n) is 8.98. The van der Waals surface area contributed by atoms with Crippen LogP contribution in [0, 0.1) is 0 Å². The number of halogens is 2. The smallest absolute Gasteiger partial charge is 0.270 e. The van der Waals surface area contributed by atoms with Crippen LogP contribution in [0.5, 0.6) is 0 Å². The number of anilines is 1. The molecule has 2 aromatic rings. The molecule has 0 saturated heterocycles. The summed E-state index contributed by atoms with van der Waals surface area (Å²) in [7, 11) is 1.56. The van der Waals surface area contributed by atoms with Gasteiger partial charge >= 0.3 is 0 Å². The number of carbonyl (C=O) groups is 2. The summed E-state index contributed by atoms with van der Waals surface area (Å²) in [6, 6.07) is 2.50. The lowest BCUT2D eigenvalue weighted by molar-refractivity contribution is -0.120. The maximum absolute atomic E-state index is 13.4. The highest BCUT2D eigenvalue weighted by Crippen LogP contribution is 2.55. The molecule has 170 valence electrons. The summed E-state index contributed by atoms with van der Waals surface area (Å²) in [4.78, 5) is 31.6. The Morgan fingerprint density at radius 3 is 2.81 bits per heavy atom. The maximum atomic E-state index is 13.4. The molecule has 1 aliphatic carbocycles. The lowest BCUT2D eigenvalue weighted by Gasteiger charge is -2.23. The number of aromatic nitrogens is 3. The first-order valence-electron chi connectivity index (χ1n) is 10.8. The average Bonchev–Trinajstić information content (AvgIpc) is 3.12. The van der Waals surface area contributed by atoms with Crippen molar-refractivity contribution in [2.24, 2.45) is 0 Å². The van der Waals surface area contributed by atoms with Gasteiger partial charge in [0.25, 0.3) is 17.7 Å². The molecule has 1 fully saturated rings. The van der Waals surface area contributed by atoms with Gasteiger partial charge in [-0.3, -0.25) is 19.5 Å². The van der Waals surface area contributed by atoms with Gasteiger partial charge in [-0.05, 0) is 31.4 Å². The van der Waals surface area contributed by atoms with Crippen LogP contribution in [-0.2, 0) is 28.3 Å². The molecule has 2 aliphatic heterocycles. The largest absolute Gasteiger partial charge is 0.366 e. The summed E-state index contributed by atoms with van der Waals surface area (Å²) in [5, 5.41) is 7.08. The monoisotopic (exact) mass is 445 g/mol. The van der Waals surface area contributed by atoms with E-state index in [9.17, 15) is 18.4 Å². The van der Waals surface area contributed by atoms with E-state index in [4.69, 9.17) is 4.74 Å². The van der Waals surface area contributed by atoms with E-state index in [0.717, 1.165) is 17.5 Å². The van der Waals surface area contributed by atoms with Crippen LogP contribution in [-0.4, -0.2) is 45.6 Å². The first-order chi connectivity index (χ1) is 15.1. The molecular weight excluding hydrogens is 420 g/mol. The van der Waals surface area contributed by atoms with Crippen molar-refractivity contribution >= 4 is 17.6 Å². The van der Waals surface area contributed by atoms with Crippen molar-refractivity contribution in [3.8, 4) is 0 Å². The van der Waals surface area contributed by atoms with E-state index in [-0.39, 0.29) is 18.0 Å². The third-order valence-corrected chi connectivity index (χ3v) is 6.88. The number of ether oxygens (including phenoxy) is 1. The Morgan fingerprint density at radius 1 is 1.38 bits per heavy atom. The normalized spacial score (nSPS) is 28.2. The highest BCUT2D eigenvalue weighted by molar-refractivity contribution is 6.01. The summed E-state index contributed by atoms with van der Waals surface area (Å²) in [5.74, 6) is -3.92. The van der Waals surface area contributed by atoms with E-state index in [0.29, 0.717) is 31.1 Å². The van der Waals surface area contributed by atoms with Crippen molar-refractivity contribution < 1.29 is 23.1 Å². The van der Waals surface area contributed by atoms with Gasteiger partial charge in [-0.25, -0.2) is 13.5 Å². The molecule has 2 amide bonds. The topological polar surface area (TPSA) is 89.3 Å².